The molecule has 0 spiro atoms. The Bertz CT molecular complexity index is 149. The van der Waals surface area contributed by atoms with Gasteiger partial charge in [0.25, 0.3) is 0 Å². The first kappa shape index (κ1) is 12.0. The van der Waals surface area contributed by atoms with Crippen LogP contribution in [-0.2, 0) is 4.74 Å². The summed E-state index contributed by atoms with van der Waals surface area (Å²) in [4.78, 5) is 0. The van der Waals surface area contributed by atoms with Crippen molar-refractivity contribution in [1.82, 2.24) is 0 Å². The molecule has 0 aromatic heterocycles. The zero-order valence-corrected chi connectivity index (χ0v) is 9.67. The van der Waals surface area contributed by atoms with Crippen molar-refractivity contribution in [3.63, 3.8) is 0 Å². The summed E-state index contributed by atoms with van der Waals surface area (Å²) in [5, 5.41) is 0. The van der Waals surface area contributed by atoms with Gasteiger partial charge in [0.05, 0.1) is 6.10 Å². The molecule has 0 amide bonds. The summed E-state index contributed by atoms with van der Waals surface area (Å²) in [6, 6.07) is 0. The maximum atomic E-state index is 5.92. The number of nitrogens with two attached hydrogens (primary N) is 1. The molecule has 2 N–H and O–H groups in total. The summed E-state index contributed by atoms with van der Waals surface area (Å²) >= 11 is 0. The van der Waals surface area contributed by atoms with Crippen LogP contribution < -0.4 is 5.73 Å². The Morgan fingerprint density at radius 1 is 1.36 bits per heavy atom. The number of unbranched alkanes of at least 4 members (excludes halogenated alkanes) is 1. The molecule has 1 aliphatic rings. The Kier molecular flexibility index (Phi) is 5.49. The smallest absolute Gasteiger partial charge is 0.0617 e. The second-order valence-electron chi connectivity index (χ2n) is 4.68. The van der Waals surface area contributed by atoms with E-state index in [0.717, 1.165) is 19.1 Å². The maximum Gasteiger partial charge on any atom is 0.0617 e. The van der Waals surface area contributed by atoms with Crippen molar-refractivity contribution in [1.29, 1.82) is 0 Å². The summed E-state index contributed by atoms with van der Waals surface area (Å²) in [5.41, 5.74) is 5.76. The molecule has 84 valence electrons. The number of hydrogen-bond donors (Lipinski definition) is 1. The Morgan fingerprint density at radius 2 is 2.14 bits per heavy atom. The van der Waals surface area contributed by atoms with Crippen LogP contribution in [0.3, 0.4) is 0 Å². The second kappa shape index (κ2) is 6.41. The van der Waals surface area contributed by atoms with E-state index in [2.05, 4.69) is 13.8 Å². The van der Waals surface area contributed by atoms with Crippen LogP contribution in [0, 0.1) is 11.8 Å². The van der Waals surface area contributed by atoms with Crippen molar-refractivity contribution in [2.24, 2.45) is 17.6 Å². The van der Waals surface area contributed by atoms with E-state index in [1.807, 2.05) is 0 Å². The van der Waals surface area contributed by atoms with Crippen molar-refractivity contribution in [2.75, 3.05) is 13.2 Å². The normalized spacial score (nSPS) is 33.2. The van der Waals surface area contributed by atoms with Gasteiger partial charge in [-0.25, -0.2) is 0 Å². The fraction of sp³-hybridized carbons (Fsp3) is 1.00. The van der Waals surface area contributed by atoms with Gasteiger partial charge < -0.3 is 10.5 Å². The topological polar surface area (TPSA) is 35.2 Å². The van der Waals surface area contributed by atoms with E-state index >= 15 is 0 Å². The molecule has 0 aromatic rings. The molecule has 0 aromatic carbocycles. The fourth-order valence-electron chi connectivity index (χ4n) is 2.24. The quantitative estimate of drug-likeness (QED) is 0.691. The van der Waals surface area contributed by atoms with Crippen LogP contribution in [0.1, 0.15) is 46.0 Å². The first-order valence-corrected chi connectivity index (χ1v) is 6.09. The molecule has 1 rings (SSSR count). The summed E-state index contributed by atoms with van der Waals surface area (Å²) in [7, 11) is 0. The molecule has 2 heteroatoms. The molecule has 14 heavy (non-hydrogen) atoms. The van der Waals surface area contributed by atoms with Gasteiger partial charge in [0.15, 0.2) is 0 Å². The number of rotatable bonds is 5. The lowest BCUT2D eigenvalue weighted by atomic mass is 9.80. The number of ether oxygens (including phenoxy) is 1. The standard InChI is InChI=1S/C12H25NO/c1-3-4-7-14-12-8-10(2)5-6-11(12)9-13/h10-12H,3-9,13H2,1-2H3. The molecule has 0 heterocycles. The fourth-order valence-corrected chi connectivity index (χ4v) is 2.24. The average molecular weight is 199 g/mol. The predicted molar refractivity (Wildman–Crippen MR) is 60.2 cm³/mol. The zero-order valence-electron chi connectivity index (χ0n) is 9.67. The average Bonchev–Trinajstić information content (AvgIpc) is 2.19. The highest BCUT2D eigenvalue weighted by atomic mass is 16.5. The molecular weight excluding hydrogens is 174 g/mol. The molecule has 0 saturated heterocycles. The minimum Gasteiger partial charge on any atom is -0.378 e. The number of hydrogen-bond acceptors (Lipinski definition) is 2. The molecule has 3 unspecified atom stereocenters. The highest BCUT2D eigenvalue weighted by Crippen LogP contribution is 2.30. The van der Waals surface area contributed by atoms with Crippen LogP contribution in [0.2, 0.25) is 0 Å². The Hall–Kier alpha value is -0.0800. The first-order valence-electron chi connectivity index (χ1n) is 6.09. The largest absolute Gasteiger partial charge is 0.378 e. The van der Waals surface area contributed by atoms with E-state index in [1.165, 1.54) is 32.1 Å². The van der Waals surface area contributed by atoms with Crippen LogP contribution in [-0.4, -0.2) is 19.3 Å². The van der Waals surface area contributed by atoms with Gasteiger partial charge in [-0.1, -0.05) is 26.7 Å². The van der Waals surface area contributed by atoms with Gasteiger partial charge in [0.2, 0.25) is 0 Å². The van der Waals surface area contributed by atoms with Crippen molar-refractivity contribution in [3.8, 4) is 0 Å². The molecule has 2 nitrogen and oxygen atoms in total. The minimum absolute atomic E-state index is 0.440. The SMILES string of the molecule is CCCCOC1CC(C)CCC1CN. The Labute approximate surface area is 88.2 Å². The third-order valence-corrected chi connectivity index (χ3v) is 3.32. The van der Waals surface area contributed by atoms with Crippen LogP contribution in [0.25, 0.3) is 0 Å². The molecule has 1 aliphatic carbocycles. The van der Waals surface area contributed by atoms with E-state index in [9.17, 15) is 0 Å². The third kappa shape index (κ3) is 3.58. The van der Waals surface area contributed by atoms with Crippen molar-refractivity contribution >= 4 is 0 Å². The summed E-state index contributed by atoms with van der Waals surface area (Å²) in [5.74, 6) is 1.44. The lowest BCUT2D eigenvalue weighted by Crippen LogP contribution is -2.36. The monoisotopic (exact) mass is 199 g/mol. The van der Waals surface area contributed by atoms with E-state index in [-0.39, 0.29) is 0 Å². The molecule has 0 bridgehead atoms. The van der Waals surface area contributed by atoms with Gasteiger partial charge in [-0.05, 0) is 37.6 Å². The van der Waals surface area contributed by atoms with Crippen molar-refractivity contribution < 1.29 is 4.74 Å². The Morgan fingerprint density at radius 3 is 2.79 bits per heavy atom. The minimum atomic E-state index is 0.440. The molecular formula is C12H25NO. The Balaban J connectivity index is 2.29. The van der Waals surface area contributed by atoms with Crippen LogP contribution in [0.4, 0.5) is 0 Å². The second-order valence-corrected chi connectivity index (χ2v) is 4.68. The summed E-state index contributed by atoms with van der Waals surface area (Å²) < 4.78 is 5.92. The third-order valence-electron chi connectivity index (χ3n) is 3.32. The van der Waals surface area contributed by atoms with Crippen LogP contribution in [0.5, 0.6) is 0 Å². The van der Waals surface area contributed by atoms with Gasteiger partial charge >= 0.3 is 0 Å². The molecule has 0 aliphatic heterocycles. The molecule has 3 atom stereocenters. The maximum absolute atomic E-state index is 5.92. The van der Waals surface area contributed by atoms with Crippen molar-refractivity contribution in [2.45, 2.75) is 52.1 Å². The van der Waals surface area contributed by atoms with Gasteiger partial charge in [-0.2, -0.15) is 0 Å². The summed E-state index contributed by atoms with van der Waals surface area (Å²) in [6.45, 7) is 6.24. The molecule has 0 radical (unpaired) electrons. The highest BCUT2D eigenvalue weighted by molar-refractivity contribution is 4.79. The zero-order chi connectivity index (χ0) is 10.4. The van der Waals surface area contributed by atoms with Gasteiger partial charge in [0.1, 0.15) is 0 Å². The van der Waals surface area contributed by atoms with Gasteiger partial charge in [0, 0.05) is 6.61 Å². The van der Waals surface area contributed by atoms with E-state index in [4.69, 9.17) is 10.5 Å². The lowest BCUT2D eigenvalue weighted by Gasteiger charge is -2.34. The van der Waals surface area contributed by atoms with Crippen LogP contribution in [0.15, 0.2) is 0 Å². The van der Waals surface area contributed by atoms with E-state index < -0.39 is 0 Å². The molecule has 1 saturated carbocycles. The van der Waals surface area contributed by atoms with Gasteiger partial charge in [-0.15, -0.1) is 0 Å². The van der Waals surface area contributed by atoms with Crippen LogP contribution >= 0.6 is 0 Å². The highest BCUT2D eigenvalue weighted by Gasteiger charge is 2.27. The first-order chi connectivity index (χ1) is 6.77. The predicted octanol–water partition coefficient (Wildman–Crippen LogP) is 2.57. The lowest BCUT2D eigenvalue weighted by molar-refractivity contribution is -0.0218. The van der Waals surface area contributed by atoms with Crippen molar-refractivity contribution in [3.05, 3.63) is 0 Å². The van der Waals surface area contributed by atoms with E-state index in [1.54, 1.807) is 0 Å². The molecule has 1 fully saturated rings. The van der Waals surface area contributed by atoms with E-state index in [0.29, 0.717) is 12.0 Å². The summed E-state index contributed by atoms with van der Waals surface area (Å²) in [6.07, 6.45) is 6.64. The van der Waals surface area contributed by atoms with Gasteiger partial charge in [-0.3, -0.25) is 0 Å².